The summed E-state index contributed by atoms with van der Waals surface area (Å²) in [7, 11) is 0. The zero-order chi connectivity index (χ0) is 13.3. The molecule has 1 N–H and O–H groups in total. The average Bonchev–Trinajstić information content (AvgIpc) is 2.74. The van der Waals surface area contributed by atoms with Gasteiger partial charge in [0.1, 0.15) is 0 Å². The monoisotopic (exact) mass is 257 g/mol. The third kappa shape index (κ3) is 2.20. The molecule has 1 heterocycles. The molecule has 4 nitrogen and oxygen atoms in total. The van der Waals surface area contributed by atoms with Gasteiger partial charge < -0.3 is 9.52 Å². The standard InChI is InChI=1S/C11H6F3NO3/c12-11(13,14)10-15-7(9(16)17)8(18-10)6-4-2-1-3-5-6/h1-5H,(H,16,17). The highest BCUT2D eigenvalue weighted by atomic mass is 19.4. The SMILES string of the molecule is O=C(O)c1nc(C(F)(F)F)oc1-c1ccccc1. The van der Waals surface area contributed by atoms with Gasteiger partial charge in [0.25, 0.3) is 0 Å². The quantitative estimate of drug-likeness (QED) is 0.897. The van der Waals surface area contributed by atoms with Crippen molar-refractivity contribution < 1.29 is 27.5 Å². The van der Waals surface area contributed by atoms with Crippen LogP contribution < -0.4 is 0 Å². The second kappa shape index (κ2) is 4.17. The van der Waals surface area contributed by atoms with Crippen molar-refractivity contribution in [2.24, 2.45) is 0 Å². The third-order valence-electron chi connectivity index (χ3n) is 2.11. The topological polar surface area (TPSA) is 63.3 Å². The van der Waals surface area contributed by atoms with Crippen molar-refractivity contribution in [1.82, 2.24) is 4.98 Å². The van der Waals surface area contributed by atoms with E-state index >= 15 is 0 Å². The zero-order valence-electron chi connectivity index (χ0n) is 8.73. The number of carbonyl (C=O) groups is 1. The van der Waals surface area contributed by atoms with Crippen LogP contribution in [0.2, 0.25) is 0 Å². The Hall–Kier alpha value is -2.31. The van der Waals surface area contributed by atoms with Crippen LogP contribution in [0.1, 0.15) is 16.4 Å². The minimum Gasteiger partial charge on any atom is -0.476 e. The van der Waals surface area contributed by atoms with Crippen molar-refractivity contribution in [3.63, 3.8) is 0 Å². The van der Waals surface area contributed by atoms with Crippen molar-refractivity contribution in [3.05, 3.63) is 41.9 Å². The smallest absolute Gasteiger partial charge is 0.468 e. The first kappa shape index (κ1) is 12.2. The fourth-order valence-corrected chi connectivity index (χ4v) is 1.37. The van der Waals surface area contributed by atoms with Gasteiger partial charge in [-0.25, -0.2) is 4.79 Å². The number of halogens is 3. The van der Waals surface area contributed by atoms with E-state index in [9.17, 15) is 18.0 Å². The van der Waals surface area contributed by atoms with Crippen molar-refractivity contribution in [3.8, 4) is 11.3 Å². The van der Waals surface area contributed by atoms with Crippen molar-refractivity contribution in [1.29, 1.82) is 0 Å². The third-order valence-corrected chi connectivity index (χ3v) is 2.11. The fraction of sp³-hybridized carbons (Fsp3) is 0.0909. The maximum absolute atomic E-state index is 12.4. The number of hydrogen-bond acceptors (Lipinski definition) is 3. The average molecular weight is 257 g/mol. The van der Waals surface area contributed by atoms with E-state index in [2.05, 4.69) is 9.40 Å². The number of hydrogen-bond donors (Lipinski definition) is 1. The van der Waals surface area contributed by atoms with E-state index in [1.54, 1.807) is 18.2 Å². The summed E-state index contributed by atoms with van der Waals surface area (Å²) >= 11 is 0. The number of carboxylic acids is 1. The molecule has 0 fully saturated rings. The molecule has 0 saturated carbocycles. The Bertz CT molecular complexity index is 575. The molecule has 2 rings (SSSR count). The number of nitrogens with zero attached hydrogens (tertiary/aromatic N) is 1. The van der Waals surface area contributed by atoms with E-state index in [-0.39, 0.29) is 5.56 Å². The van der Waals surface area contributed by atoms with Gasteiger partial charge >= 0.3 is 18.0 Å². The molecule has 0 atom stereocenters. The summed E-state index contributed by atoms with van der Waals surface area (Å²) in [4.78, 5) is 13.8. The molecular formula is C11H6F3NO3. The Morgan fingerprint density at radius 3 is 2.33 bits per heavy atom. The molecule has 0 bridgehead atoms. The summed E-state index contributed by atoms with van der Waals surface area (Å²) in [6, 6.07) is 7.62. The summed E-state index contributed by atoms with van der Waals surface area (Å²) in [5, 5.41) is 8.82. The van der Waals surface area contributed by atoms with Gasteiger partial charge in [0.15, 0.2) is 11.5 Å². The number of aromatic carboxylic acids is 1. The van der Waals surface area contributed by atoms with Crippen LogP contribution in [-0.2, 0) is 6.18 Å². The molecule has 7 heteroatoms. The minimum atomic E-state index is -4.82. The molecule has 0 saturated heterocycles. The first-order valence-corrected chi connectivity index (χ1v) is 4.76. The molecule has 0 spiro atoms. The van der Waals surface area contributed by atoms with Gasteiger partial charge in [-0.1, -0.05) is 30.3 Å². The molecule has 0 amide bonds. The Morgan fingerprint density at radius 1 is 1.22 bits per heavy atom. The number of carboxylic acid groups (broad SMARTS) is 1. The lowest BCUT2D eigenvalue weighted by Crippen LogP contribution is -2.06. The van der Waals surface area contributed by atoms with Gasteiger partial charge in [-0.05, 0) is 0 Å². The van der Waals surface area contributed by atoms with Gasteiger partial charge in [0, 0.05) is 5.56 Å². The number of alkyl halides is 3. The summed E-state index contributed by atoms with van der Waals surface area (Å²) < 4.78 is 41.7. The van der Waals surface area contributed by atoms with Crippen LogP contribution in [0, 0.1) is 0 Å². The van der Waals surface area contributed by atoms with Gasteiger partial charge in [-0.3, -0.25) is 0 Å². The molecule has 1 aromatic carbocycles. The first-order chi connectivity index (χ1) is 8.39. The molecular weight excluding hydrogens is 251 g/mol. The Morgan fingerprint density at radius 2 is 1.83 bits per heavy atom. The highest BCUT2D eigenvalue weighted by Gasteiger charge is 2.39. The number of rotatable bonds is 2. The summed E-state index contributed by atoms with van der Waals surface area (Å²) in [6.07, 6.45) is -4.82. The van der Waals surface area contributed by atoms with Crippen LogP contribution in [0.15, 0.2) is 34.7 Å². The van der Waals surface area contributed by atoms with Gasteiger partial charge in [0.2, 0.25) is 0 Å². The highest BCUT2D eigenvalue weighted by molar-refractivity contribution is 5.92. The predicted octanol–water partition coefficient (Wildman–Crippen LogP) is 3.06. The van der Waals surface area contributed by atoms with Crippen LogP contribution in [0.25, 0.3) is 11.3 Å². The molecule has 1 aromatic heterocycles. The van der Waals surface area contributed by atoms with Crippen molar-refractivity contribution in [2.45, 2.75) is 6.18 Å². The van der Waals surface area contributed by atoms with E-state index in [0.717, 1.165) is 0 Å². The second-order valence-corrected chi connectivity index (χ2v) is 3.37. The highest BCUT2D eigenvalue weighted by Crippen LogP contribution is 2.33. The Balaban J connectivity index is 2.60. The van der Waals surface area contributed by atoms with Crippen LogP contribution in [-0.4, -0.2) is 16.1 Å². The van der Waals surface area contributed by atoms with E-state index in [1.165, 1.54) is 12.1 Å². The first-order valence-electron chi connectivity index (χ1n) is 4.76. The van der Waals surface area contributed by atoms with E-state index in [4.69, 9.17) is 5.11 Å². The number of aromatic nitrogens is 1. The zero-order valence-corrected chi connectivity index (χ0v) is 8.73. The van der Waals surface area contributed by atoms with Crippen LogP contribution in [0.4, 0.5) is 13.2 Å². The van der Waals surface area contributed by atoms with Crippen LogP contribution in [0.3, 0.4) is 0 Å². The van der Waals surface area contributed by atoms with E-state index in [1.807, 2.05) is 0 Å². The van der Waals surface area contributed by atoms with E-state index in [0.29, 0.717) is 0 Å². The fourth-order valence-electron chi connectivity index (χ4n) is 1.37. The molecule has 0 unspecified atom stereocenters. The van der Waals surface area contributed by atoms with Gasteiger partial charge in [-0.15, -0.1) is 0 Å². The second-order valence-electron chi connectivity index (χ2n) is 3.37. The normalized spacial score (nSPS) is 11.5. The predicted molar refractivity (Wildman–Crippen MR) is 53.9 cm³/mol. The molecule has 0 aliphatic rings. The van der Waals surface area contributed by atoms with Crippen molar-refractivity contribution in [2.75, 3.05) is 0 Å². The number of oxazole rings is 1. The van der Waals surface area contributed by atoms with Gasteiger partial charge in [-0.2, -0.15) is 18.2 Å². The maximum atomic E-state index is 12.4. The Kier molecular flexibility index (Phi) is 2.82. The molecule has 2 aromatic rings. The Labute approximate surface area is 98.7 Å². The molecule has 0 aliphatic carbocycles. The minimum absolute atomic E-state index is 0.220. The van der Waals surface area contributed by atoms with Gasteiger partial charge in [0.05, 0.1) is 0 Å². The summed E-state index contributed by atoms with van der Waals surface area (Å²) in [5.41, 5.74) is -0.536. The molecule has 94 valence electrons. The van der Waals surface area contributed by atoms with Crippen molar-refractivity contribution >= 4 is 5.97 Å². The summed E-state index contributed by atoms with van der Waals surface area (Å²) in [5.74, 6) is -3.55. The van der Waals surface area contributed by atoms with E-state index < -0.39 is 29.5 Å². The molecule has 0 radical (unpaired) electrons. The largest absolute Gasteiger partial charge is 0.476 e. The molecule has 0 aliphatic heterocycles. The van der Waals surface area contributed by atoms with Crippen LogP contribution in [0.5, 0.6) is 0 Å². The van der Waals surface area contributed by atoms with Crippen LogP contribution >= 0.6 is 0 Å². The lowest BCUT2D eigenvalue weighted by atomic mass is 10.1. The molecule has 18 heavy (non-hydrogen) atoms. The lowest BCUT2D eigenvalue weighted by molar-refractivity contribution is -0.156. The summed E-state index contributed by atoms with van der Waals surface area (Å²) in [6.45, 7) is 0. The lowest BCUT2D eigenvalue weighted by Gasteiger charge is -1.99. The number of benzene rings is 1. The maximum Gasteiger partial charge on any atom is 0.468 e.